The summed E-state index contributed by atoms with van der Waals surface area (Å²) in [5, 5.41) is 27.2. The lowest BCUT2D eigenvalue weighted by Gasteiger charge is -2.16. The summed E-state index contributed by atoms with van der Waals surface area (Å²) in [5.74, 6) is -2.33. The lowest BCUT2D eigenvalue weighted by atomic mass is 10.1. The maximum Gasteiger partial charge on any atom is 0.327 e. The van der Waals surface area contributed by atoms with Gasteiger partial charge in [0.25, 0.3) is 5.91 Å². The Hall–Kier alpha value is -4.20. The molecule has 3 aromatic rings. The van der Waals surface area contributed by atoms with Gasteiger partial charge in [-0.15, -0.1) is 0 Å². The van der Waals surface area contributed by atoms with Gasteiger partial charge in [0.15, 0.2) is 11.2 Å². The average Bonchev–Trinajstić information content (AvgIpc) is 2.85. The first-order valence-electron chi connectivity index (χ1n) is 10.9. The smallest absolute Gasteiger partial charge is 0.327 e. The minimum atomic E-state index is -1.15. The number of fused-ring (bicyclic) bond motifs is 1. The first-order chi connectivity index (χ1) is 17.2. The standard InChI is InChI=1S/C22H26N8O5S/c1-11(2-7-16(31)28-15(10-36)21(34)35)26-19(32)12-3-5-13(6-4-12)24-8-14-9-25-18-17(27-14)20(33)30-22(23)29-18/h3-6,9,11,15,24,36H,2,7-8,10H2,1H3,(H,26,32)(H,28,31)(H,34,35)(H3,23,25,29,30,33)/t11-,15+/m1/s1. The van der Waals surface area contributed by atoms with Crippen molar-refractivity contribution < 1.29 is 24.6 Å². The summed E-state index contributed by atoms with van der Waals surface area (Å²) in [6.45, 7) is 2.06. The van der Waals surface area contributed by atoms with E-state index < -0.39 is 17.9 Å². The van der Waals surface area contributed by atoms with Gasteiger partial charge in [-0.05, 0) is 37.6 Å². The van der Waals surface area contributed by atoms with Gasteiger partial charge in [-0.3, -0.25) is 9.59 Å². The van der Waals surface area contributed by atoms with Gasteiger partial charge >= 0.3 is 5.97 Å². The van der Waals surface area contributed by atoms with Gasteiger partial charge in [-0.2, -0.15) is 22.6 Å². The molecule has 0 radical (unpaired) electrons. The zero-order valence-electron chi connectivity index (χ0n) is 19.3. The zero-order valence-corrected chi connectivity index (χ0v) is 20.2. The highest BCUT2D eigenvalue weighted by Gasteiger charge is 2.19. The third-order valence-electron chi connectivity index (χ3n) is 5.07. The maximum atomic E-state index is 12.5. The van der Waals surface area contributed by atoms with Gasteiger partial charge in [0.1, 0.15) is 6.04 Å². The van der Waals surface area contributed by atoms with Crippen molar-refractivity contribution in [2.45, 2.75) is 38.4 Å². The van der Waals surface area contributed by atoms with Crippen LogP contribution in [0.5, 0.6) is 5.88 Å². The number of benzene rings is 1. The third kappa shape index (κ3) is 7.15. The fourth-order valence-corrected chi connectivity index (χ4v) is 3.39. The number of nitrogens with two attached hydrogens (primary N) is 1. The van der Waals surface area contributed by atoms with Crippen molar-refractivity contribution in [3.8, 4) is 5.88 Å². The quantitative estimate of drug-likeness (QED) is 0.177. The fourth-order valence-electron chi connectivity index (χ4n) is 3.14. The molecule has 2 atom stereocenters. The summed E-state index contributed by atoms with van der Waals surface area (Å²) in [7, 11) is 0. The Kier molecular flexibility index (Phi) is 8.78. The number of hydrogen-bond acceptors (Lipinski definition) is 11. The Morgan fingerprint density at radius 3 is 2.50 bits per heavy atom. The SMILES string of the molecule is C[C@H](CCC(=O)N[C@@H](CS)C(=O)O)NC(=O)c1ccc(NCc2cnc3nc(N)nc(O)c3n2)cc1. The van der Waals surface area contributed by atoms with Crippen LogP contribution in [0.25, 0.3) is 11.2 Å². The highest BCUT2D eigenvalue weighted by Crippen LogP contribution is 2.19. The van der Waals surface area contributed by atoms with E-state index in [1.807, 2.05) is 0 Å². The highest BCUT2D eigenvalue weighted by atomic mass is 32.1. The van der Waals surface area contributed by atoms with E-state index in [1.54, 1.807) is 31.2 Å². The van der Waals surface area contributed by atoms with E-state index in [2.05, 4.69) is 48.5 Å². The van der Waals surface area contributed by atoms with Crippen molar-refractivity contribution in [1.82, 2.24) is 30.6 Å². The molecular formula is C22H26N8O5S. The van der Waals surface area contributed by atoms with E-state index in [4.69, 9.17) is 10.8 Å². The number of nitrogens with one attached hydrogen (secondary N) is 3. The summed E-state index contributed by atoms with van der Waals surface area (Å²) in [5.41, 5.74) is 7.52. The number of thiol groups is 1. The van der Waals surface area contributed by atoms with Crippen LogP contribution in [0.1, 0.15) is 35.8 Å². The number of carbonyl (C=O) groups is 3. The Labute approximate surface area is 211 Å². The van der Waals surface area contributed by atoms with E-state index >= 15 is 0 Å². The number of rotatable bonds is 11. The number of nitrogen functional groups attached to an aromatic ring is 1. The summed E-state index contributed by atoms with van der Waals surface area (Å²) in [4.78, 5) is 51.4. The molecule has 0 bridgehead atoms. The lowest BCUT2D eigenvalue weighted by Crippen LogP contribution is -2.42. The van der Waals surface area contributed by atoms with Gasteiger partial charge in [-0.1, -0.05) is 0 Å². The maximum absolute atomic E-state index is 12.5. The molecule has 0 aliphatic rings. The molecular weight excluding hydrogens is 488 g/mol. The van der Waals surface area contributed by atoms with Crippen LogP contribution in [0.4, 0.5) is 11.6 Å². The summed E-state index contributed by atoms with van der Waals surface area (Å²) in [6, 6.07) is 5.40. The number of hydrogen-bond donors (Lipinski definition) is 7. The van der Waals surface area contributed by atoms with Crippen LogP contribution in [0, 0.1) is 0 Å². The Morgan fingerprint density at radius 2 is 1.83 bits per heavy atom. The molecule has 13 nitrogen and oxygen atoms in total. The molecule has 0 fully saturated rings. The van der Waals surface area contributed by atoms with E-state index in [0.717, 1.165) is 5.69 Å². The van der Waals surface area contributed by atoms with Crippen LogP contribution in [0.15, 0.2) is 30.5 Å². The number of aromatic hydroxyl groups is 1. The summed E-state index contributed by atoms with van der Waals surface area (Å²) in [6.07, 6.45) is 1.91. The number of nitrogens with zero attached hydrogens (tertiary/aromatic N) is 4. The second kappa shape index (κ2) is 12.0. The fraction of sp³-hybridized carbons (Fsp3) is 0.318. The van der Waals surface area contributed by atoms with Crippen molar-refractivity contribution >= 4 is 53.2 Å². The molecule has 36 heavy (non-hydrogen) atoms. The molecule has 2 amide bonds. The van der Waals surface area contributed by atoms with Crippen LogP contribution in [-0.2, 0) is 16.1 Å². The predicted molar refractivity (Wildman–Crippen MR) is 135 cm³/mol. The monoisotopic (exact) mass is 514 g/mol. The molecule has 0 aliphatic heterocycles. The van der Waals surface area contributed by atoms with Gasteiger partial charge in [0.05, 0.1) is 18.4 Å². The van der Waals surface area contributed by atoms with Crippen LogP contribution < -0.4 is 21.7 Å². The largest absolute Gasteiger partial charge is 0.492 e. The van der Waals surface area contributed by atoms with Crippen molar-refractivity contribution in [1.29, 1.82) is 0 Å². The van der Waals surface area contributed by atoms with E-state index in [-0.39, 0.29) is 47.1 Å². The first kappa shape index (κ1) is 26.4. The second-order valence-corrected chi connectivity index (χ2v) is 8.29. The lowest BCUT2D eigenvalue weighted by molar-refractivity contribution is -0.141. The molecule has 190 valence electrons. The van der Waals surface area contributed by atoms with Crippen molar-refractivity contribution in [3.63, 3.8) is 0 Å². The molecule has 2 aromatic heterocycles. The van der Waals surface area contributed by atoms with Crippen molar-refractivity contribution in [2.24, 2.45) is 0 Å². The number of amides is 2. The Balaban J connectivity index is 1.48. The molecule has 7 N–H and O–H groups in total. The van der Waals surface area contributed by atoms with E-state index in [9.17, 15) is 19.5 Å². The van der Waals surface area contributed by atoms with Crippen molar-refractivity contribution in [3.05, 3.63) is 41.7 Å². The normalized spacial score (nSPS) is 12.5. The Morgan fingerprint density at radius 1 is 1.11 bits per heavy atom. The minimum absolute atomic E-state index is 0.0119. The van der Waals surface area contributed by atoms with Crippen molar-refractivity contribution in [2.75, 3.05) is 16.8 Å². The molecule has 0 saturated carbocycles. The average molecular weight is 515 g/mol. The van der Waals surface area contributed by atoms with Crippen LogP contribution in [0.3, 0.4) is 0 Å². The third-order valence-corrected chi connectivity index (χ3v) is 5.44. The van der Waals surface area contributed by atoms with Gasteiger partial charge < -0.3 is 31.9 Å². The van der Waals surface area contributed by atoms with Gasteiger partial charge in [0, 0.05) is 29.5 Å². The van der Waals surface area contributed by atoms with E-state index in [0.29, 0.717) is 24.2 Å². The highest BCUT2D eigenvalue weighted by molar-refractivity contribution is 7.80. The first-order valence-corrected chi connectivity index (χ1v) is 11.6. The molecule has 1 aromatic carbocycles. The number of anilines is 2. The molecule has 3 rings (SSSR count). The number of aliphatic carboxylic acids is 1. The molecule has 0 spiro atoms. The van der Waals surface area contributed by atoms with Crippen LogP contribution >= 0.6 is 12.6 Å². The second-order valence-electron chi connectivity index (χ2n) is 7.92. The number of carbonyl (C=O) groups excluding carboxylic acids is 2. The predicted octanol–water partition coefficient (Wildman–Crippen LogP) is 0.717. The van der Waals surface area contributed by atoms with E-state index in [1.165, 1.54) is 6.20 Å². The number of carboxylic acid groups (broad SMARTS) is 1. The molecule has 0 unspecified atom stereocenters. The zero-order chi connectivity index (χ0) is 26.2. The number of aromatic nitrogens is 4. The molecule has 2 heterocycles. The number of carboxylic acids is 1. The molecule has 0 aliphatic carbocycles. The minimum Gasteiger partial charge on any atom is -0.492 e. The van der Waals surface area contributed by atoms with Gasteiger partial charge in [-0.25, -0.2) is 14.8 Å². The topological polar surface area (TPSA) is 205 Å². The van der Waals surface area contributed by atoms with Crippen LogP contribution in [0.2, 0.25) is 0 Å². The van der Waals surface area contributed by atoms with Crippen LogP contribution in [-0.4, -0.2) is 65.8 Å². The summed E-state index contributed by atoms with van der Waals surface area (Å²) >= 11 is 3.90. The Bertz CT molecular complexity index is 1260. The molecule has 0 saturated heterocycles. The molecule has 14 heteroatoms. The van der Waals surface area contributed by atoms with Gasteiger partial charge in [0.2, 0.25) is 17.7 Å². The summed E-state index contributed by atoms with van der Waals surface area (Å²) < 4.78 is 0.